The number of benzene rings is 2. The van der Waals surface area contributed by atoms with Crippen molar-refractivity contribution in [1.82, 2.24) is 5.32 Å². The lowest BCUT2D eigenvalue weighted by Gasteiger charge is -2.15. The summed E-state index contributed by atoms with van der Waals surface area (Å²) in [4.78, 5) is 16.0. The van der Waals surface area contributed by atoms with Crippen molar-refractivity contribution in [1.29, 1.82) is 0 Å². The highest BCUT2D eigenvalue weighted by Crippen LogP contribution is 2.30. The Labute approximate surface area is 194 Å². The predicted molar refractivity (Wildman–Crippen MR) is 128 cm³/mol. The van der Waals surface area contributed by atoms with Crippen molar-refractivity contribution in [2.75, 3.05) is 40.3 Å². The smallest absolute Gasteiger partial charge is 0.341 e. The summed E-state index contributed by atoms with van der Waals surface area (Å²) in [6.45, 7) is 2.96. The van der Waals surface area contributed by atoms with Crippen molar-refractivity contribution >= 4 is 41.6 Å². The van der Waals surface area contributed by atoms with E-state index in [1.165, 1.54) is 14.2 Å². The molecule has 0 unspecified atom stereocenters. The summed E-state index contributed by atoms with van der Waals surface area (Å²) >= 11 is 0. The van der Waals surface area contributed by atoms with Crippen LogP contribution in [0.4, 0.5) is 5.69 Å². The van der Waals surface area contributed by atoms with Crippen LogP contribution < -0.4 is 24.8 Å². The number of hydrogen-bond acceptors (Lipinski definition) is 6. The zero-order valence-corrected chi connectivity index (χ0v) is 20.1. The average Bonchev–Trinajstić information content (AvgIpc) is 2.76. The second kappa shape index (κ2) is 12.8. The number of ether oxygens (including phenoxy) is 4. The Hall–Kier alpha value is -2.69. The Morgan fingerprint density at radius 3 is 2.33 bits per heavy atom. The molecule has 30 heavy (non-hydrogen) atoms. The van der Waals surface area contributed by atoms with Crippen LogP contribution >= 0.6 is 24.0 Å². The van der Waals surface area contributed by atoms with Crippen molar-refractivity contribution in [2.24, 2.45) is 4.99 Å². The fraction of sp³-hybridized carbons (Fsp3) is 0.333. The van der Waals surface area contributed by atoms with E-state index < -0.39 is 5.97 Å². The van der Waals surface area contributed by atoms with Gasteiger partial charge >= 0.3 is 5.97 Å². The highest BCUT2D eigenvalue weighted by Gasteiger charge is 2.13. The maximum absolute atomic E-state index is 11.8. The van der Waals surface area contributed by atoms with Crippen LogP contribution in [0.1, 0.15) is 22.8 Å². The summed E-state index contributed by atoms with van der Waals surface area (Å²) in [7, 11) is 6.13. The summed E-state index contributed by atoms with van der Waals surface area (Å²) in [5.74, 6) is 1.91. The van der Waals surface area contributed by atoms with Gasteiger partial charge < -0.3 is 29.6 Å². The van der Waals surface area contributed by atoms with Crippen LogP contribution in [0.3, 0.4) is 0 Å². The van der Waals surface area contributed by atoms with Gasteiger partial charge in [0.2, 0.25) is 0 Å². The molecule has 0 amide bonds. The Morgan fingerprint density at radius 2 is 1.73 bits per heavy atom. The molecule has 0 aliphatic heterocycles. The first-order valence-corrected chi connectivity index (χ1v) is 9.10. The lowest BCUT2D eigenvalue weighted by atomic mass is 10.1. The van der Waals surface area contributed by atoms with Gasteiger partial charge in [0, 0.05) is 25.3 Å². The number of esters is 1. The summed E-state index contributed by atoms with van der Waals surface area (Å²) in [5, 5.41) is 6.43. The molecule has 2 rings (SSSR count). The third kappa shape index (κ3) is 6.68. The predicted octanol–water partition coefficient (Wildman–Crippen LogP) is 3.69. The van der Waals surface area contributed by atoms with E-state index in [9.17, 15) is 4.79 Å². The molecule has 0 aliphatic rings. The van der Waals surface area contributed by atoms with Crippen molar-refractivity contribution in [3.8, 4) is 17.2 Å². The molecule has 8 nitrogen and oxygen atoms in total. The molecular weight excluding hydrogens is 501 g/mol. The van der Waals surface area contributed by atoms with Gasteiger partial charge in [0.25, 0.3) is 0 Å². The SMILES string of the molecule is CCOc1ccc(NC(=NC)NCc2ccc(C(=O)OC)c(OC)c2)cc1OC.I. The van der Waals surface area contributed by atoms with Crippen molar-refractivity contribution in [2.45, 2.75) is 13.5 Å². The number of halogens is 1. The highest BCUT2D eigenvalue weighted by atomic mass is 127. The molecule has 2 N–H and O–H groups in total. The molecule has 0 saturated heterocycles. The highest BCUT2D eigenvalue weighted by molar-refractivity contribution is 14.0. The third-order valence-corrected chi connectivity index (χ3v) is 4.08. The van der Waals surface area contributed by atoms with E-state index in [1.54, 1.807) is 26.3 Å². The zero-order valence-electron chi connectivity index (χ0n) is 17.8. The first-order chi connectivity index (χ1) is 14.1. The van der Waals surface area contributed by atoms with Crippen LogP contribution in [-0.2, 0) is 11.3 Å². The quantitative estimate of drug-likeness (QED) is 0.233. The molecule has 2 aromatic rings. The van der Waals surface area contributed by atoms with Crippen LogP contribution in [0.25, 0.3) is 0 Å². The van der Waals surface area contributed by atoms with Gasteiger partial charge in [0.1, 0.15) is 11.3 Å². The Balaban J connectivity index is 0.00000450. The number of guanidine groups is 1. The van der Waals surface area contributed by atoms with Gasteiger partial charge in [0.05, 0.1) is 27.9 Å². The van der Waals surface area contributed by atoms with Gasteiger partial charge in [-0.2, -0.15) is 0 Å². The fourth-order valence-electron chi connectivity index (χ4n) is 2.65. The molecule has 0 heterocycles. The molecule has 0 radical (unpaired) electrons. The van der Waals surface area contributed by atoms with Gasteiger partial charge in [-0.05, 0) is 36.8 Å². The van der Waals surface area contributed by atoms with Gasteiger partial charge in [-0.3, -0.25) is 4.99 Å². The molecule has 0 bridgehead atoms. The molecular formula is C21H28IN3O5. The van der Waals surface area contributed by atoms with Crippen LogP contribution in [0, 0.1) is 0 Å². The normalized spacial score (nSPS) is 10.5. The topological polar surface area (TPSA) is 90.4 Å². The summed E-state index contributed by atoms with van der Waals surface area (Å²) in [5.41, 5.74) is 2.10. The number of nitrogens with zero attached hydrogens (tertiary/aromatic N) is 1. The summed E-state index contributed by atoms with van der Waals surface area (Å²) < 4.78 is 21.0. The Morgan fingerprint density at radius 1 is 1.00 bits per heavy atom. The van der Waals surface area contributed by atoms with E-state index in [4.69, 9.17) is 18.9 Å². The molecule has 0 atom stereocenters. The van der Waals surface area contributed by atoms with Crippen LogP contribution in [0.15, 0.2) is 41.4 Å². The van der Waals surface area contributed by atoms with Gasteiger partial charge in [0.15, 0.2) is 17.5 Å². The minimum Gasteiger partial charge on any atom is -0.496 e. The second-order valence-electron chi connectivity index (χ2n) is 5.88. The first-order valence-electron chi connectivity index (χ1n) is 9.10. The van der Waals surface area contributed by atoms with E-state index >= 15 is 0 Å². The van der Waals surface area contributed by atoms with Gasteiger partial charge in [-0.1, -0.05) is 6.07 Å². The maximum Gasteiger partial charge on any atom is 0.341 e. The summed E-state index contributed by atoms with van der Waals surface area (Å²) in [6, 6.07) is 10.9. The van der Waals surface area contributed by atoms with Crippen molar-refractivity contribution in [3.05, 3.63) is 47.5 Å². The number of carbonyl (C=O) groups excluding carboxylic acids is 1. The number of aliphatic imine (C=N–C) groups is 1. The average molecular weight is 529 g/mol. The minimum atomic E-state index is -0.441. The molecule has 0 aromatic heterocycles. The molecule has 9 heteroatoms. The van der Waals surface area contributed by atoms with Crippen LogP contribution in [0.5, 0.6) is 17.2 Å². The van der Waals surface area contributed by atoms with Crippen molar-refractivity contribution in [3.63, 3.8) is 0 Å². The first kappa shape index (κ1) is 25.3. The van der Waals surface area contributed by atoms with E-state index in [-0.39, 0.29) is 24.0 Å². The zero-order chi connectivity index (χ0) is 21.2. The Kier molecular flexibility index (Phi) is 10.8. The fourth-order valence-corrected chi connectivity index (χ4v) is 2.65. The minimum absolute atomic E-state index is 0. The molecule has 0 aliphatic carbocycles. The van der Waals surface area contributed by atoms with E-state index in [0.29, 0.717) is 41.9 Å². The number of nitrogens with one attached hydrogen (secondary N) is 2. The summed E-state index contributed by atoms with van der Waals surface area (Å²) in [6.07, 6.45) is 0. The van der Waals surface area contributed by atoms with Crippen LogP contribution in [-0.4, -0.2) is 46.9 Å². The van der Waals surface area contributed by atoms with Crippen molar-refractivity contribution < 1.29 is 23.7 Å². The maximum atomic E-state index is 11.8. The molecule has 0 spiro atoms. The van der Waals surface area contributed by atoms with E-state index in [0.717, 1.165) is 11.3 Å². The Bertz CT molecular complexity index is 874. The van der Waals surface area contributed by atoms with Gasteiger partial charge in [-0.25, -0.2) is 4.79 Å². The monoisotopic (exact) mass is 529 g/mol. The van der Waals surface area contributed by atoms with Gasteiger partial charge in [-0.15, -0.1) is 24.0 Å². The second-order valence-corrected chi connectivity index (χ2v) is 5.88. The number of hydrogen-bond donors (Lipinski definition) is 2. The molecule has 0 fully saturated rings. The lowest BCUT2D eigenvalue weighted by Crippen LogP contribution is -2.30. The molecule has 164 valence electrons. The van der Waals surface area contributed by atoms with E-state index in [2.05, 4.69) is 15.6 Å². The number of anilines is 1. The third-order valence-electron chi connectivity index (χ3n) is 4.08. The molecule has 2 aromatic carbocycles. The van der Waals surface area contributed by atoms with E-state index in [1.807, 2.05) is 31.2 Å². The lowest BCUT2D eigenvalue weighted by molar-refractivity contribution is 0.0597. The molecule has 0 saturated carbocycles. The number of carbonyl (C=O) groups is 1. The number of rotatable bonds is 8. The van der Waals surface area contributed by atoms with Crippen LogP contribution in [0.2, 0.25) is 0 Å². The largest absolute Gasteiger partial charge is 0.496 e. The number of methoxy groups -OCH3 is 3. The standard InChI is InChI=1S/C21H27N3O5.HI/c1-6-29-17-10-8-15(12-19(17)27-4)24-21(22-2)23-13-14-7-9-16(20(25)28-5)18(11-14)26-3;/h7-12H,6,13H2,1-5H3,(H2,22,23,24);1H.